The zero-order chi connectivity index (χ0) is 13.4. The van der Waals surface area contributed by atoms with Gasteiger partial charge in [0.15, 0.2) is 11.6 Å². The molecule has 1 aromatic carbocycles. The Morgan fingerprint density at radius 1 is 1.39 bits per heavy atom. The molecule has 0 aliphatic heterocycles. The molecule has 0 N–H and O–H groups in total. The second kappa shape index (κ2) is 8.59. The standard InChI is InChI=1S/C13H15FINOS/c1-10-7-11(14)13(8-12(10)15)17-5-3-2-4-6-18-9-16/h7-8H,2-6H2,1H3. The van der Waals surface area contributed by atoms with Crippen molar-refractivity contribution < 1.29 is 9.13 Å². The molecule has 1 rings (SSSR count). The molecule has 0 saturated carbocycles. The van der Waals surface area contributed by atoms with Gasteiger partial charge < -0.3 is 4.74 Å². The Kier molecular flexibility index (Phi) is 7.44. The van der Waals surface area contributed by atoms with Gasteiger partial charge in [0, 0.05) is 9.32 Å². The first-order valence-electron chi connectivity index (χ1n) is 5.74. The summed E-state index contributed by atoms with van der Waals surface area (Å²) in [5.41, 5.74) is 0.925. The molecular formula is C13H15FINOS. The van der Waals surface area contributed by atoms with Gasteiger partial charge in [0.1, 0.15) is 5.40 Å². The van der Waals surface area contributed by atoms with Crippen molar-refractivity contribution in [2.75, 3.05) is 12.4 Å². The van der Waals surface area contributed by atoms with E-state index in [0.29, 0.717) is 12.4 Å². The SMILES string of the molecule is Cc1cc(F)c(OCCCCCSC#N)cc1I. The average Bonchev–Trinajstić information content (AvgIpc) is 2.34. The number of nitrogens with zero attached hydrogens (tertiary/aromatic N) is 1. The number of unbranched alkanes of at least 4 members (excludes halogenated alkanes) is 2. The third-order valence-electron chi connectivity index (χ3n) is 2.43. The first-order valence-corrected chi connectivity index (χ1v) is 7.81. The lowest BCUT2D eigenvalue weighted by molar-refractivity contribution is 0.291. The van der Waals surface area contributed by atoms with Crippen LogP contribution in [0.5, 0.6) is 5.75 Å². The molecular weight excluding hydrogens is 364 g/mol. The van der Waals surface area contributed by atoms with Crippen LogP contribution < -0.4 is 4.74 Å². The monoisotopic (exact) mass is 379 g/mol. The lowest BCUT2D eigenvalue weighted by Gasteiger charge is -2.08. The van der Waals surface area contributed by atoms with E-state index in [4.69, 9.17) is 10.00 Å². The van der Waals surface area contributed by atoms with Crippen molar-refractivity contribution in [2.45, 2.75) is 26.2 Å². The molecule has 5 heteroatoms. The molecule has 0 fully saturated rings. The highest BCUT2D eigenvalue weighted by Gasteiger charge is 2.06. The van der Waals surface area contributed by atoms with Gasteiger partial charge in [0.25, 0.3) is 0 Å². The van der Waals surface area contributed by atoms with Crippen molar-refractivity contribution in [3.63, 3.8) is 0 Å². The molecule has 1 aromatic rings. The normalized spacial score (nSPS) is 10.1. The summed E-state index contributed by atoms with van der Waals surface area (Å²) in [4.78, 5) is 0. The molecule has 0 heterocycles. The smallest absolute Gasteiger partial charge is 0.165 e. The van der Waals surface area contributed by atoms with E-state index < -0.39 is 0 Å². The van der Waals surface area contributed by atoms with Crippen LogP contribution in [0.25, 0.3) is 0 Å². The van der Waals surface area contributed by atoms with Crippen molar-refractivity contribution in [3.8, 4) is 11.2 Å². The minimum Gasteiger partial charge on any atom is -0.490 e. The first-order chi connectivity index (χ1) is 8.65. The molecule has 0 bridgehead atoms. The van der Waals surface area contributed by atoms with Gasteiger partial charge >= 0.3 is 0 Å². The zero-order valence-corrected chi connectivity index (χ0v) is 13.2. The number of aryl methyl sites for hydroxylation is 1. The van der Waals surface area contributed by atoms with E-state index in [0.717, 1.165) is 34.1 Å². The number of rotatable bonds is 7. The first kappa shape index (κ1) is 15.6. The van der Waals surface area contributed by atoms with Gasteiger partial charge in [-0.25, -0.2) is 4.39 Å². The quantitative estimate of drug-likeness (QED) is 0.397. The van der Waals surface area contributed by atoms with E-state index >= 15 is 0 Å². The Morgan fingerprint density at radius 2 is 2.17 bits per heavy atom. The van der Waals surface area contributed by atoms with Crippen LogP contribution in [-0.4, -0.2) is 12.4 Å². The molecule has 0 spiro atoms. The van der Waals surface area contributed by atoms with Crippen LogP contribution in [0.3, 0.4) is 0 Å². The molecule has 0 radical (unpaired) electrons. The van der Waals surface area contributed by atoms with Gasteiger partial charge in [0.2, 0.25) is 0 Å². The van der Waals surface area contributed by atoms with E-state index in [9.17, 15) is 4.39 Å². The third-order valence-corrected chi connectivity index (χ3v) is 4.21. The zero-order valence-electron chi connectivity index (χ0n) is 10.2. The molecule has 0 aliphatic rings. The number of nitriles is 1. The number of halogens is 2. The molecule has 2 nitrogen and oxygen atoms in total. The van der Waals surface area contributed by atoms with Crippen molar-refractivity contribution in [2.24, 2.45) is 0 Å². The van der Waals surface area contributed by atoms with E-state index in [1.807, 2.05) is 12.3 Å². The highest BCUT2D eigenvalue weighted by Crippen LogP contribution is 2.23. The maximum atomic E-state index is 13.5. The van der Waals surface area contributed by atoms with Crippen molar-refractivity contribution >= 4 is 34.4 Å². The Bertz CT molecular complexity index is 434. The van der Waals surface area contributed by atoms with Gasteiger partial charge in [-0.1, -0.05) is 0 Å². The van der Waals surface area contributed by atoms with Gasteiger partial charge in [-0.3, -0.25) is 0 Å². The molecule has 98 valence electrons. The summed E-state index contributed by atoms with van der Waals surface area (Å²) in [6.07, 6.45) is 2.88. The molecule has 0 unspecified atom stereocenters. The second-order valence-electron chi connectivity index (χ2n) is 3.88. The minimum absolute atomic E-state index is 0.298. The fourth-order valence-corrected chi connectivity index (χ4v) is 2.30. The summed E-state index contributed by atoms with van der Waals surface area (Å²) in [5, 5.41) is 10.4. The second-order valence-corrected chi connectivity index (χ2v) is 5.92. The van der Waals surface area contributed by atoms with E-state index in [1.54, 1.807) is 6.07 Å². The fraction of sp³-hybridized carbons (Fsp3) is 0.462. The van der Waals surface area contributed by atoms with Crippen molar-refractivity contribution in [3.05, 3.63) is 27.1 Å². The summed E-state index contributed by atoms with van der Waals surface area (Å²) >= 11 is 3.44. The lowest BCUT2D eigenvalue weighted by Crippen LogP contribution is -2.00. The van der Waals surface area contributed by atoms with Crippen LogP contribution in [-0.2, 0) is 0 Å². The Morgan fingerprint density at radius 3 is 2.89 bits per heavy atom. The van der Waals surface area contributed by atoms with E-state index in [-0.39, 0.29) is 5.82 Å². The topological polar surface area (TPSA) is 33.0 Å². The van der Waals surface area contributed by atoms with E-state index in [2.05, 4.69) is 22.6 Å². The third kappa shape index (κ3) is 5.44. The Hall–Kier alpha value is -0.480. The van der Waals surface area contributed by atoms with E-state index in [1.165, 1.54) is 17.8 Å². The molecule has 18 heavy (non-hydrogen) atoms. The number of thiocyanates is 1. The van der Waals surface area contributed by atoms with Crippen LogP contribution in [0.4, 0.5) is 4.39 Å². The minimum atomic E-state index is -0.298. The predicted octanol–water partition coefficient (Wildman–Crippen LogP) is 4.50. The van der Waals surface area contributed by atoms with Crippen LogP contribution in [0, 0.1) is 27.0 Å². The van der Waals surface area contributed by atoms with Crippen LogP contribution in [0.15, 0.2) is 12.1 Å². The van der Waals surface area contributed by atoms with Gasteiger partial charge in [-0.15, -0.1) is 0 Å². The number of benzene rings is 1. The highest BCUT2D eigenvalue weighted by atomic mass is 127. The van der Waals surface area contributed by atoms with Crippen LogP contribution in [0.1, 0.15) is 24.8 Å². The van der Waals surface area contributed by atoms with Crippen LogP contribution >= 0.6 is 34.4 Å². The molecule has 0 aromatic heterocycles. The summed E-state index contributed by atoms with van der Waals surface area (Å²) in [5.74, 6) is 0.886. The maximum absolute atomic E-state index is 13.5. The number of thioether (sulfide) groups is 1. The number of hydrogen-bond acceptors (Lipinski definition) is 3. The molecule has 0 atom stereocenters. The fourth-order valence-electron chi connectivity index (χ4n) is 1.42. The van der Waals surface area contributed by atoms with Gasteiger partial charge in [-0.05, 0) is 78.2 Å². The van der Waals surface area contributed by atoms with Crippen molar-refractivity contribution in [1.29, 1.82) is 5.26 Å². The lowest BCUT2D eigenvalue weighted by atomic mass is 10.2. The summed E-state index contributed by atoms with van der Waals surface area (Å²) in [6, 6.07) is 3.23. The number of ether oxygens (including phenoxy) is 1. The molecule has 0 amide bonds. The average molecular weight is 379 g/mol. The van der Waals surface area contributed by atoms with Gasteiger partial charge in [-0.2, -0.15) is 5.26 Å². The van der Waals surface area contributed by atoms with Crippen LogP contribution in [0.2, 0.25) is 0 Å². The summed E-state index contributed by atoms with van der Waals surface area (Å²) in [7, 11) is 0. The Labute approximate surface area is 125 Å². The van der Waals surface area contributed by atoms with Gasteiger partial charge in [0.05, 0.1) is 6.61 Å². The summed E-state index contributed by atoms with van der Waals surface area (Å²) < 4.78 is 20.0. The number of hydrogen-bond donors (Lipinski definition) is 0. The van der Waals surface area contributed by atoms with Crippen molar-refractivity contribution in [1.82, 2.24) is 0 Å². The Balaban J connectivity index is 2.27. The maximum Gasteiger partial charge on any atom is 0.165 e. The highest BCUT2D eigenvalue weighted by molar-refractivity contribution is 14.1. The summed E-state index contributed by atoms with van der Waals surface area (Å²) in [6.45, 7) is 2.40. The molecule has 0 aliphatic carbocycles. The predicted molar refractivity (Wildman–Crippen MR) is 81.3 cm³/mol. The largest absolute Gasteiger partial charge is 0.490 e. The molecule has 0 saturated heterocycles.